The molecule has 1 saturated heterocycles. The van der Waals surface area contributed by atoms with Crippen LogP contribution in [0.25, 0.3) is 0 Å². The van der Waals surface area contributed by atoms with E-state index >= 15 is 0 Å². The maximum absolute atomic E-state index is 5.53. The first-order valence-electron chi connectivity index (χ1n) is 4.21. The lowest BCUT2D eigenvalue weighted by atomic mass is 10.2. The Labute approximate surface area is 71.3 Å². The van der Waals surface area contributed by atoms with E-state index in [0.717, 1.165) is 25.3 Å². The van der Waals surface area contributed by atoms with Gasteiger partial charge in [-0.2, -0.15) is 0 Å². The van der Waals surface area contributed by atoms with Gasteiger partial charge in [-0.3, -0.25) is 0 Å². The third kappa shape index (κ3) is 1.35. The van der Waals surface area contributed by atoms with Crippen molar-refractivity contribution in [2.24, 2.45) is 5.73 Å². The molecule has 66 valence electrons. The molecule has 0 unspecified atom stereocenters. The Bertz CT molecular complexity index is 255. The Kier molecular flexibility index (Phi) is 2.10. The summed E-state index contributed by atoms with van der Waals surface area (Å²) in [5.74, 6) is 0. The summed E-state index contributed by atoms with van der Waals surface area (Å²) in [6.07, 6.45) is 5.15. The van der Waals surface area contributed by atoms with Crippen molar-refractivity contribution in [3.63, 3.8) is 0 Å². The Balaban J connectivity index is 2.00. The summed E-state index contributed by atoms with van der Waals surface area (Å²) in [5, 5.41) is 0. The topological polar surface area (TPSA) is 53.1 Å². The second-order valence-corrected chi connectivity index (χ2v) is 3.02. The van der Waals surface area contributed by atoms with Gasteiger partial charge in [-0.05, 0) is 6.42 Å². The van der Waals surface area contributed by atoms with Crippen LogP contribution < -0.4 is 5.73 Å². The van der Waals surface area contributed by atoms with Gasteiger partial charge in [0.15, 0.2) is 0 Å². The van der Waals surface area contributed by atoms with Crippen molar-refractivity contribution in [3.8, 4) is 0 Å². The van der Waals surface area contributed by atoms with Crippen molar-refractivity contribution >= 4 is 0 Å². The number of aromatic nitrogens is 2. The fourth-order valence-corrected chi connectivity index (χ4v) is 1.33. The van der Waals surface area contributed by atoms with E-state index in [1.165, 1.54) is 0 Å². The summed E-state index contributed by atoms with van der Waals surface area (Å²) in [5.41, 5.74) is 6.60. The molecular weight excluding hydrogens is 154 g/mol. The normalized spacial score (nSPS) is 22.2. The smallest absolute Gasteiger partial charge is 0.0949 e. The summed E-state index contributed by atoms with van der Waals surface area (Å²) in [6, 6.07) is 0. The molecular formula is C8H13N3O. The van der Waals surface area contributed by atoms with E-state index in [9.17, 15) is 0 Å². The maximum Gasteiger partial charge on any atom is 0.0949 e. The van der Waals surface area contributed by atoms with Crippen LogP contribution in [0.4, 0.5) is 0 Å². The molecule has 1 atom stereocenters. The zero-order chi connectivity index (χ0) is 8.39. The fraction of sp³-hybridized carbons (Fsp3) is 0.625. The Morgan fingerprint density at radius 2 is 2.58 bits per heavy atom. The van der Waals surface area contributed by atoms with Crippen LogP contribution in [0.5, 0.6) is 0 Å². The van der Waals surface area contributed by atoms with E-state index in [1.807, 2.05) is 6.33 Å². The number of hydrogen-bond donors (Lipinski definition) is 1. The van der Waals surface area contributed by atoms with Crippen molar-refractivity contribution in [1.82, 2.24) is 9.55 Å². The van der Waals surface area contributed by atoms with Crippen LogP contribution in [-0.2, 0) is 17.8 Å². The minimum absolute atomic E-state index is 0.379. The standard InChI is InChI=1S/C8H13N3O/c9-3-7-4-10-6-11(7)5-8-1-2-12-8/h4,6,8H,1-3,5,9H2/t8-/m0/s1. The molecule has 4 nitrogen and oxygen atoms in total. The highest BCUT2D eigenvalue weighted by molar-refractivity contribution is 4.97. The Morgan fingerprint density at radius 3 is 3.17 bits per heavy atom. The first-order chi connectivity index (χ1) is 5.90. The van der Waals surface area contributed by atoms with Gasteiger partial charge in [0.1, 0.15) is 0 Å². The summed E-state index contributed by atoms with van der Waals surface area (Å²) in [7, 11) is 0. The molecule has 2 N–H and O–H groups in total. The molecule has 4 heteroatoms. The van der Waals surface area contributed by atoms with Crippen LogP contribution in [-0.4, -0.2) is 22.3 Å². The molecule has 0 aliphatic carbocycles. The van der Waals surface area contributed by atoms with Gasteiger partial charge >= 0.3 is 0 Å². The highest BCUT2D eigenvalue weighted by atomic mass is 16.5. The number of hydrogen-bond acceptors (Lipinski definition) is 3. The lowest BCUT2D eigenvalue weighted by Gasteiger charge is -2.27. The lowest BCUT2D eigenvalue weighted by Crippen LogP contribution is -2.31. The van der Waals surface area contributed by atoms with Crippen LogP contribution in [0.1, 0.15) is 12.1 Å². The van der Waals surface area contributed by atoms with Gasteiger partial charge in [-0.25, -0.2) is 4.98 Å². The van der Waals surface area contributed by atoms with E-state index < -0.39 is 0 Å². The molecule has 1 aromatic heterocycles. The summed E-state index contributed by atoms with van der Waals surface area (Å²) in [4.78, 5) is 4.03. The fourth-order valence-electron chi connectivity index (χ4n) is 1.33. The highest BCUT2D eigenvalue weighted by Gasteiger charge is 2.18. The van der Waals surface area contributed by atoms with Gasteiger partial charge in [0, 0.05) is 19.3 Å². The third-order valence-corrected chi connectivity index (χ3v) is 2.20. The highest BCUT2D eigenvalue weighted by Crippen LogP contribution is 2.13. The average Bonchev–Trinajstić information content (AvgIpc) is 2.43. The lowest BCUT2D eigenvalue weighted by molar-refractivity contribution is -0.0595. The SMILES string of the molecule is NCc1cncn1C[C@@H]1CCO1. The molecule has 1 aliphatic heterocycles. The van der Waals surface area contributed by atoms with Crippen molar-refractivity contribution in [3.05, 3.63) is 18.2 Å². The molecule has 12 heavy (non-hydrogen) atoms. The molecule has 2 rings (SSSR count). The summed E-state index contributed by atoms with van der Waals surface area (Å²) >= 11 is 0. The monoisotopic (exact) mass is 167 g/mol. The van der Waals surface area contributed by atoms with Crippen LogP contribution in [0, 0.1) is 0 Å². The molecule has 1 fully saturated rings. The van der Waals surface area contributed by atoms with E-state index in [-0.39, 0.29) is 0 Å². The first-order valence-corrected chi connectivity index (χ1v) is 4.21. The minimum atomic E-state index is 0.379. The molecule has 0 radical (unpaired) electrons. The van der Waals surface area contributed by atoms with E-state index in [4.69, 9.17) is 10.5 Å². The second-order valence-electron chi connectivity index (χ2n) is 3.02. The van der Waals surface area contributed by atoms with Gasteiger partial charge in [0.2, 0.25) is 0 Å². The predicted octanol–water partition coefficient (Wildman–Crippen LogP) is 0.131. The van der Waals surface area contributed by atoms with Gasteiger partial charge in [0.05, 0.1) is 24.7 Å². The average molecular weight is 167 g/mol. The molecule has 2 heterocycles. The number of rotatable bonds is 3. The quantitative estimate of drug-likeness (QED) is 0.696. The van der Waals surface area contributed by atoms with Crippen LogP contribution >= 0.6 is 0 Å². The van der Waals surface area contributed by atoms with E-state index in [2.05, 4.69) is 9.55 Å². The number of ether oxygens (including phenoxy) is 1. The Hall–Kier alpha value is -0.870. The molecule has 0 spiro atoms. The number of nitrogens with zero attached hydrogens (tertiary/aromatic N) is 2. The van der Waals surface area contributed by atoms with Gasteiger partial charge in [0.25, 0.3) is 0 Å². The number of nitrogens with two attached hydrogens (primary N) is 1. The first kappa shape index (κ1) is 7.76. The summed E-state index contributed by atoms with van der Waals surface area (Å²) < 4.78 is 7.37. The van der Waals surface area contributed by atoms with Crippen molar-refractivity contribution in [2.45, 2.75) is 25.6 Å². The van der Waals surface area contributed by atoms with Crippen molar-refractivity contribution in [2.75, 3.05) is 6.61 Å². The summed E-state index contributed by atoms with van der Waals surface area (Å²) in [6.45, 7) is 2.34. The van der Waals surface area contributed by atoms with Crippen LogP contribution in [0.2, 0.25) is 0 Å². The van der Waals surface area contributed by atoms with Crippen LogP contribution in [0.15, 0.2) is 12.5 Å². The molecule has 1 aliphatic rings. The third-order valence-electron chi connectivity index (χ3n) is 2.20. The largest absolute Gasteiger partial charge is 0.376 e. The molecule has 1 aromatic rings. The zero-order valence-corrected chi connectivity index (χ0v) is 6.94. The molecule has 0 amide bonds. The minimum Gasteiger partial charge on any atom is -0.376 e. The predicted molar refractivity (Wildman–Crippen MR) is 44.5 cm³/mol. The van der Waals surface area contributed by atoms with E-state index in [0.29, 0.717) is 12.6 Å². The van der Waals surface area contributed by atoms with Crippen molar-refractivity contribution < 1.29 is 4.74 Å². The van der Waals surface area contributed by atoms with Gasteiger partial charge in [-0.15, -0.1) is 0 Å². The second kappa shape index (κ2) is 3.25. The van der Waals surface area contributed by atoms with Gasteiger partial charge < -0.3 is 15.0 Å². The van der Waals surface area contributed by atoms with Crippen LogP contribution in [0.3, 0.4) is 0 Å². The number of imidazole rings is 1. The molecule has 0 aromatic carbocycles. The molecule has 0 bridgehead atoms. The van der Waals surface area contributed by atoms with Crippen molar-refractivity contribution in [1.29, 1.82) is 0 Å². The van der Waals surface area contributed by atoms with E-state index in [1.54, 1.807) is 6.20 Å². The maximum atomic E-state index is 5.53. The zero-order valence-electron chi connectivity index (χ0n) is 6.94. The Morgan fingerprint density at radius 1 is 1.75 bits per heavy atom. The molecule has 0 saturated carbocycles. The van der Waals surface area contributed by atoms with Gasteiger partial charge in [-0.1, -0.05) is 0 Å².